The number of carbonyl (C=O) groups is 2. The second kappa shape index (κ2) is 8.57. The molecule has 2 amide bonds. The molecule has 0 aliphatic carbocycles. The third-order valence-corrected chi connectivity index (χ3v) is 5.34. The first-order valence-electron chi connectivity index (χ1n) is 7.44. The third-order valence-electron chi connectivity index (χ3n) is 3.75. The summed E-state index contributed by atoms with van der Waals surface area (Å²) >= 11 is 2.98. The van der Waals surface area contributed by atoms with Crippen molar-refractivity contribution in [3.8, 4) is 0 Å². The summed E-state index contributed by atoms with van der Waals surface area (Å²) in [6, 6.07) is 1.83. The zero-order valence-electron chi connectivity index (χ0n) is 13.0. The normalized spacial score (nSPS) is 14.4. The van der Waals surface area contributed by atoms with E-state index < -0.39 is 0 Å². The lowest BCUT2D eigenvalue weighted by atomic mass is 10.2. The standard InChI is InChI=1S/C15H18N4O2S2.ClH/c16-3-1-13-17-12(10-23-13)15(21)19-6-4-18(5-7-19)14(20)11-2-8-22-9-11;/h2,8-10H,1,3-7,16H2;1H. The van der Waals surface area contributed by atoms with Crippen molar-refractivity contribution in [3.63, 3.8) is 0 Å². The van der Waals surface area contributed by atoms with Crippen molar-refractivity contribution in [1.82, 2.24) is 14.8 Å². The first-order chi connectivity index (χ1) is 11.2. The number of hydrogen-bond acceptors (Lipinski definition) is 6. The second-order valence-electron chi connectivity index (χ2n) is 5.26. The van der Waals surface area contributed by atoms with Gasteiger partial charge >= 0.3 is 0 Å². The minimum Gasteiger partial charge on any atom is -0.335 e. The fraction of sp³-hybridized carbons (Fsp3) is 0.400. The highest BCUT2D eigenvalue weighted by molar-refractivity contribution is 7.09. The van der Waals surface area contributed by atoms with Crippen LogP contribution in [0.15, 0.2) is 22.2 Å². The van der Waals surface area contributed by atoms with Crippen LogP contribution in [0.3, 0.4) is 0 Å². The minimum atomic E-state index is -0.0628. The van der Waals surface area contributed by atoms with Gasteiger partial charge in [0.1, 0.15) is 5.69 Å². The van der Waals surface area contributed by atoms with E-state index in [2.05, 4.69) is 4.98 Å². The number of carbonyl (C=O) groups excluding carboxylic acids is 2. The molecule has 1 saturated heterocycles. The number of thiophene rings is 1. The van der Waals surface area contributed by atoms with Gasteiger partial charge in [-0.05, 0) is 18.0 Å². The lowest BCUT2D eigenvalue weighted by Gasteiger charge is -2.34. The molecule has 3 heterocycles. The first kappa shape index (κ1) is 18.9. The van der Waals surface area contributed by atoms with Gasteiger partial charge in [-0.2, -0.15) is 11.3 Å². The molecule has 2 aromatic rings. The lowest BCUT2D eigenvalue weighted by molar-refractivity contribution is 0.0533. The summed E-state index contributed by atoms with van der Waals surface area (Å²) < 4.78 is 0. The Morgan fingerprint density at radius 2 is 1.79 bits per heavy atom. The van der Waals surface area contributed by atoms with Gasteiger partial charge in [0.2, 0.25) is 0 Å². The molecule has 130 valence electrons. The number of thiazole rings is 1. The average molecular weight is 387 g/mol. The summed E-state index contributed by atoms with van der Waals surface area (Å²) in [5.74, 6) is -0.0237. The largest absolute Gasteiger partial charge is 0.335 e. The molecule has 0 spiro atoms. The Morgan fingerprint density at radius 3 is 2.38 bits per heavy atom. The molecule has 0 aromatic carbocycles. The van der Waals surface area contributed by atoms with Crippen LogP contribution in [0.4, 0.5) is 0 Å². The number of rotatable bonds is 4. The highest BCUT2D eigenvalue weighted by Crippen LogP contribution is 2.15. The Morgan fingerprint density at radius 1 is 1.12 bits per heavy atom. The Hall–Kier alpha value is -1.48. The maximum atomic E-state index is 12.5. The van der Waals surface area contributed by atoms with Crippen LogP contribution < -0.4 is 5.73 Å². The summed E-state index contributed by atoms with van der Waals surface area (Å²) in [7, 11) is 0. The Balaban J connectivity index is 0.00000208. The molecule has 0 unspecified atom stereocenters. The molecule has 1 aliphatic heterocycles. The summed E-state index contributed by atoms with van der Waals surface area (Å²) in [6.07, 6.45) is 0.695. The average Bonchev–Trinajstić information content (AvgIpc) is 3.26. The molecule has 6 nitrogen and oxygen atoms in total. The fourth-order valence-corrected chi connectivity index (χ4v) is 3.91. The first-order valence-corrected chi connectivity index (χ1v) is 9.26. The van der Waals surface area contributed by atoms with Gasteiger partial charge < -0.3 is 15.5 Å². The van der Waals surface area contributed by atoms with Crippen molar-refractivity contribution in [2.75, 3.05) is 32.7 Å². The summed E-state index contributed by atoms with van der Waals surface area (Å²) in [6.45, 7) is 2.72. The second-order valence-corrected chi connectivity index (χ2v) is 6.98. The summed E-state index contributed by atoms with van der Waals surface area (Å²) in [4.78, 5) is 32.6. The number of nitrogens with two attached hydrogens (primary N) is 1. The highest BCUT2D eigenvalue weighted by atomic mass is 35.5. The van der Waals surface area contributed by atoms with Gasteiger partial charge in [0.05, 0.1) is 10.6 Å². The molecular weight excluding hydrogens is 368 g/mol. The van der Waals surface area contributed by atoms with Crippen molar-refractivity contribution in [2.45, 2.75) is 6.42 Å². The summed E-state index contributed by atoms with van der Waals surface area (Å²) in [5, 5.41) is 6.43. The molecule has 0 bridgehead atoms. The van der Waals surface area contributed by atoms with Crippen molar-refractivity contribution in [1.29, 1.82) is 0 Å². The Kier molecular flexibility index (Phi) is 6.73. The van der Waals surface area contributed by atoms with Crippen LogP contribution in [0.1, 0.15) is 25.9 Å². The van der Waals surface area contributed by atoms with E-state index in [1.165, 1.54) is 22.7 Å². The Labute approximate surface area is 154 Å². The number of hydrogen-bond donors (Lipinski definition) is 1. The van der Waals surface area contributed by atoms with Crippen LogP contribution in [0.25, 0.3) is 0 Å². The molecule has 24 heavy (non-hydrogen) atoms. The van der Waals surface area contributed by atoms with E-state index in [0.717, 1.165) is 10.6 Å². The SMILES string of the molecule is Cl.NCCc1nc(C(=O)N2CCN(C(=O)c3ccsc3)CC2)cs1. The minimum absolute atomic E-state index is 0. The van der Waals surface area contributed by atoms with Gasteiger partial charge in [0.25, 0.3) is 11.8 Å². The molecule has 0 radical (unpaired) electrons. The van der Waals surface area contributed by atoms with Crippen LogP contribution in [-0.4, -0.2) is 59.3 Å². The quantitative estimate of drug-likeness (QED) is 0.867. The third kappa shape index (κ3) is 4.13. The van der Waals surface area contributed by atoms with Gasteiger partial charge in [-0.15, -0.1) is 23.7 Å². The molecule has 1 fully saturated rings. The molecule has 0 saturated carbocycles. The monoisotopic (exact) mass is 386 g/mol. The molecule has 3 rings (SSSR count). The van der Waals surface area contributed by atoms with E-state index in [-0.39, 0.29) is 24.2 Å². The Bertz CT molecular complexity index is 681. The van der Waals surface area contributed by atoms with Crippen molar-refractivity contribution < 1.29 is 9.59 Å². The van der Waals surface area contributed by atoms with E-state index in [1.807, 2.05) is 16.8 Å². The number of amides is 2. The number of halogens is 1. The molecule has 0 atom stereocenters. The molecule has 2 aromatic heterocycles. The van der Waals surface area contributed by atoms with Crippen LogP contribution in [0, 0.1) is 0 Å². The van der Waals surface area contributed by atoms with Gasteiger partial charge in [-0.3, -0.25) is 9.59 Å². The molecule has 2 N–H and O–H groups in total. The van der Waals surface area contributed by atoms with Gasteiger partial charge in [0, 0.05) is 43.4 Å². The van der Waals surface area contributed by atoms with Crippen LogP contribution in [0.2, 0.25) is 0 Å². The van der Waals surface area contributed by atoms with Crippen LogP contribution in [0.5, 0.6) is 0 Å². The van der Waals surface area contributed by atoms with Crippen molar-refractivity contribution in [2.24, 2.45) is 5.73 Å². The van der Waals surface area contributed by atoms with Gasteiger partial charge in [-0.1, -0.05) is 0 Å². The van der Waals surface area contributed by atoms with E-state index in [4.69, 9.17) is 5.73 Å². The lowest BCUT2D eigenvalue weighted by Crippen LogP contribution is -2.50. The number of aromatic nitrogens is 1. The fourth-order valence-electron chi connectivity index (χ4n) is 2.49. The van der Waals surface area contributed by atoms with Crippen molar-refractivity contribution >= 4 is 46.9 Å². The summed E-state index contributed by atoms with van der Waals surface area (Å²) in [5.41, 5.74) is 6.71. The molecule has 9 heteroatoms. The number of nitrogens with zero attached hydrogens (tertiary/aromatic N) is 3. The molecular formula is C15H19ClN4O2S2. The number of piperazine rings is 1. The predicted octanol–water partition coefficient (Wildman–Crippen LogP) is 1.73. The van der Waals surface area contributed by atoms with Gasteiger partial charge in [0.15, 0.2) is 0 Å². The maximum absolute atomic E-state index is 12.5. The maximum Gasteiger partial charge on any atom is 0.273 e. The van der Waals surface area contributed by atoms with Crippen LogP contribution in [-0.2, 0) is 6.42 Å². The smallest absolute Gasteiger partial charge is 0.273 e. The zero-order valence-corrected chi connectivity index (χ0v) is 15.5. The van der Waals surface area contributed by atoms with Crippen molar-refractivity contribution in [3.05, 3.63) is 38.5 Å². The van der Waals surface area contributed by atoms with Crippen LogP contribution >= 0.6 is 35.1 Å². The van der Waals surface area contributed by atoms with E-state index in [0.29, 0.717) is 44.8 Å². The topological polar surface area (TPSA) is 79.5 Å². The van der Waals surface area contributed by atoms with Gasteiger partial charge in [-0.25, -0.2) is 4.98 Å². The van der Waals surface area contributed by atoms with E-state index in [9.17, 15) is 9.59 Å². The highest BCUT2D eigenvalue weighted by Gasteiger charge is 2.26. The molecule has 1 aliphatic rings. The zero-order chi connectivity index (χ0) is 16.2. The van der Waals surface area contributed by atoms with E-state index >= 15 is 0 Å². The van der Waals surface area contributed by atoms with E-state index in [1.54, 1.807) is 15.2 Å². The predicted molar refractivity (Wildman–Crippen MR) is 98.2 cm³/mol.